The van der Waals surface area contributed by atoms with E-state index in [0.717, 1.165) is 26.6 Å². The highest BCUT2D eigenvalue weighted by atomic mass is 32.2. The van der Waals surface area contributed by atoms with Crippen LogP contribution in [0.15, 0.2) is 51.3 Å². The van der Waals surface area contributed by atoms with Crippen molar-refractivity contribution in [1.82, 2.24) is 0 Å². The van der Waals surface area contributed by atoms with Crippen molar-refractivity contribution >= 4 is 17.4 Å². The molecule has 0 aliphatic carbocycles. The second kappa shape index (κ2) is 5.31. The lowest BCUT2D eigenvalue weighted by Gasteiger charge is -2.07. The van der Waals surface area contributed by atoms with Gasteiger partial charge >= 0.3 is 0 Å². The van der Waals surface area contributed by atoms with Crippen molar-refractivity contribution in [2.24, 2.45) is 5.11 Å². The fraction of sp³-hybridized carbons (Fsp3) is 0.143. The zero-order valence-corrected chi connectivity index (χ0v) is 11.1. The van der Waals surface area contributed by atoms with Crippen LogP contribution in [-0.4, -0.2) is 0 Å². The molecule has 18 heavy (non-hydrogen) atoms. The number of nitrogens with two attached hydrogens (primary N) is 1. The number of aryl methyl sites for hydroxylation is 2. The fourth-order valence-corrected chi connectivity index (χ4v) is 2.63. The van der Waals surface area contributed by atoms with Gasteiger partial charge < -0.3 is 0 Å². The summed E-state index contributed by atoms with van der Waals surface area (Å²) in [5.74, 6) is -0.218. The van der Waals surface area contributed by atoms with Gasteiger partial charge in [0.2, 0.25) is 0 Å². The highest BCUT2D eigenvalue weighted by Gasteiger charge is 2.07. The van der Waals surface area contributed by atoms with Crippen LogP contribution in [0.1, 0.15) is 11.1 Å². The van der Waals surface area contributed by atoms with Crippen LogP contribution < -0.4 is 5.53 Å². The van der Waals surface area contributed by atoms with E-state index in [0.29, 0.717) is 0 Å². The Morgan fingerprint density at radius 3 is 2.33 bits per heavy atom. The summed E-state index contributed by atoms with van der Waals surface area (Å²) in [5, 5.41) is 3.73. The Morgan fingerprint density at radius 1 is 1.06 bits per heavy atom. The maximum absolute atomic E-state index is 12.8. The van der Waals surface area contributed by atoms with Gasteiger partial charge in [-0.2, -0.15) is 5.53 Å². The Morgan fingerprint density at radius 2 is 1.72 bits per heavy atom. The molecule has 0 radical (unpaired) electrons. The quantitative estimate of drug-likeness (QED) is 0.844. The van der Waals surface area contributed by atoms with Crippen molar-refractivity contribution < 1.29 is 9.92 Å². The van der Waals surface area contributed by atoms with Crippen molar-refractivity contribution in [2.45, 2.75) is 23.6 Å². The molecule has 2 rings (SSSR count). The molecule has 0 unspecified atom stereocenters. The first-order valence-corrected chi connectivity index (χ1v) is 6.37. The van der Waals surface area contributed by atoms with E-state index in [1.54, 1.807) is 23.9 Å². The van der Waals surface area contributed by atoms with Gasteiger partial charge in [0.15, 0.2) is 0 Å². The Labute approximate surface area is 110 Å². The maximum Gasteiger partial charge on any atom is 0.133 e. The van der Waals surface area contributed by atoms with E-state index >= 15 is 0 Å². The molecule has 0 fully saturated rings. The molecule has 4 heteroatoms. The molecule has 0 saturated heterocycles. The second-order valence-corrected chi connectivity index (χ2v) is 5.20. The highest BCUT2D eigenvalue weighted by Crippen LogP contribution is 2.34. The summed E-state index contributed by atoms with van der Waals surface area (Å²) in [6.07, 6.45) is 0. The molecule has 92 valence electrons. The molecule has 2 aromatic rings. The number of hydrogen-bond donors (Lipinski definition) is 1. The van der Waals surface area contributed by atoms with Crippen molar-refractivity contribution in [3.8, 4) is 0 Å². The van der Waals surface area contributed by atoms with Crippen molar-refractivity contribution in [3.05, 3.63) is 53.3 Å². The molecule has 2 N–H and O–H groups in total. The standard InChI is InChI=1S/C14H13FN2S/c1-9-8-14(10(2)7-13(9)17-16)18-12-5-3-11(15)4-6-12/h3-8,16H,1-2H3/p+1. The minimum absolute atomic E-state index is 0.218. The molecule has 0 aliphatic heterocycles. The first-order valence-electron chi connectivity index (χ1n) is 5.56. The first-order chi connectivity index (χ1) is 8.60. The van der Waals surface area contributed by atoms with Crippen molar-refractivity contribution in [2.75, 3.05) is 0 Å². The predicted molar refractivity (Wildman–Crippen MR) is 70.5 cm³/mol. The van der Waals surface area contributed by atoms with Crippen LogP contribution in [0.3, 0.4) is 0 Å². The summed E-state index contributed by atoms with van der Waals surface area (Å²) in [7, 11) is 0. The fourth-order valence-electron chi connectivity index (χ4n) is 1.65. The van der Waals surface area contributed by atoms with Gasteiger partial charge in [-0.25, -0.2) is 4.39 Å². The number of rotatable bonds is 3. The average Bonchev–Trinajstić information content (AvgIpc) is 2.36. The van der Waals surface area contributed by atoms with E-state index in [1.807, 2.05) is 19.9 Å². The zero-order chi connectivity index (χ0) is 13.1. The van der Waals surface area contributed by atoms with Crippen LogP contribution in [0.5, 0.6) is 0 Å². The van der Waals surface area contributed by atoms with Gasteiger partial charge in [0.25, 0.3) is 0 Å². The van der Waals surface area contributed by atoms with Crippen LogP contribution >= 0.6 is 11.8 Å². The lowest BCUT2D eigenvalue weighted by molar-refractivity contribution is -0.210. The normalized spacial score (nSPS) is 10.4. The molecule has 0 aliphatic rings. The van der Waals surface area contributed by atoms with Gasteiger partial charge in [0.05, 0.1) is 0 Å². The van der Waals surface area contributed by atoms with Crippen LogP contribution in [0, 0.1) is 19.7 Å². The van der Waals surface area contributed by atoms with Crippen LogP contribution in [0.25, 0.3) is 0 Å². The predicted octanol–water partition coefficient (Wildman–Crippen LogP) is 3.44. The van der Waals surface area contributed by atoms with Gasteiger partial charge in [-0.1, -0.05) is 11.8 Å². The number of nitrogens with zero attached hydrogens (tertiary/aromatic N) is 1. The van der Waals surface area contributed by atoms with Crippen LogP contribution in [0.4, 0.5) is 10.1 Å². The monoisotopic (exact) mass is 261 g/mol. The van der Waals surface area contributed by atoms with E-state index in [2.05, 4.69) is 11.2 Å². The molecular formula is C14H14FN2S+. The van der Waals surface area contributed by atoms with Gasteiger partial charge in [0, 0.05) is 9.79 Å². The van der Waals surface area contributed by atoms with Gasteiger partial charge in [0.1, 0.15) is 11.5 Å². The van der Waals surface area contributed by atoms with Crippen molar-refractivity contribution in [1.29, 1.82) is 0 Å². The molecule has 2 aromatic carbocycles. The second-order valence-electron chi connectivity index (χ2n) is 4.09. The minimum Gasteiger partial charge on any atom is -0.207 e. The molecule has 2 nitrogen and oxygen atoms in total. The molecule has 0 amide bonds. The largest absolute Gasteiger partial charge is 0.207 e. The molecule has 0 heterocycles. The van der Waals surface area contributed by atoms with Gasteiger partial charge in [-0.3, -0.25) is 0 Å². The third kappa shape index (κ3) is 2.76. The third-order valence-electron chi connectivity index (χ3n) is 2.67. The summed E-state index contributed by atoms with van der Waals surface area (Å²) in [6, 6.07) is 10.5. The highest BCUT2D eigenvalue weighted by molar-refractivity contribution is 7.99. The Kier molecular flexibility index (Phi) is 3.77. The molecule has 0 saturated carbocycles. The minimum atomic E-state index is -0.218. The number of hydrogen-bond acceptors (Lipinski definition) is 2. The average molecular weight is 261 g/mol. The number of halogens is 1. The van der Waals surface area contributed by atoms with E-state index in [9.17, 15) is 4.39 Å². The van der Waals surface area contributed by atoms with Crippen molar-refractivity contribution in [3.63, 3.8) is 0 Å². The zero-order valence-electron chi connectivity index (χ0n) is 10.3. The van der Waals surface area contributed by atoms with Gasteiger partial charge in [-0.05, 0) is 66.5 Å². The Hall–Kier alpha value is -1.68. The number of benzene rings is 2. The summed E-state index contributed by atoms with van der Waals surface area (Å²) in [6.45, 7) is 3.99. The lowest BCUT2D eigenvalue weighted by Crippen LogP contribution is -2.22. The Balaban J connectivity index is 2.32. The molecular weight excluding hydrogens is 247 g/mol. The summed E-state index contributed by atoms with van der Waals surface area (Å²) >= 11 is 1.61. The van der Waals surface area contributed by atoms with Crippen LogP contribution in [-0.2, 0) is 0 Å². The summed E-state index contributed by atoms with van der Waals surface area (Å²) < 4.78 is 12.8. The lowest BCUT2D eigenvalue weighted by atomic mass is 10.1. The molecule has 0 bridgehead atoms. The smallest absolute Gasteiger partial charge is 0.133 e. The van der Waals surface area contributed by atoms with E-state index < -0.39 is 0 Å². The van der Waals surface area contributed by atoms with E-state index in [-0.39, 0.29) is 5.82 Å². The summed E-state index contributed by atoms with van der Waals surface area (Å²) in [4.78, 5) is 2.14. The maximum atomic E-state index is 12.8. The topological polar surface area (TPSA) is 38.0 Å². The van der Waals surface area contributed by atoms with Gasteiger partial charge in [-0.15, -0.1) is 0 Å². The molecule has 0 spiro atoms. The third-order valence-corrected chi connectivity index (χ3v) is 3.84. The van der Waals surface area contributed by atoms with Crippen LogP contribution in [0.2, 0.25) is 0 Å². The molecule has 0 atom stereocenters. The first kappa shape index (κ1) is 12.8. The molecule has 0 aromatic heterocycles. The van der Waals surface area contributed by atoms with E-state index in [4.69, 9.17) is 5.53 Å². The summed E-state index contributed by atoms with van der Waals surface area (Å²) in [5.41, 5.74) is 8.26. The van der Waals surface area contributed by atoms with E-state index in [1.165, 1.54) is 12.1 Å². The Bertz CT molecular complexity index is 579. The SMILES string of the molecule is Cc1cc(Sc2ccc(F)cc2)c(C)cc1N=[NH2+].